The summed E-state index contributed by atoms with van der Waals surface area (Å²) in [6.45, 7) is 5.97. The first kappa shape index (κ1) is 17.5. The van der Waals surface area contributed by atoms with Gasteiger partial charge in [-0.2, -0.15) is 0 Å². The van der Waals surface area contributed by atoms with E-state index in [0.717, 1.165) is 19.4 Å². The van der Waals surface area contributed by atoms with E-state index in [-0.39, 0.29) is 17.9 Å². The van der Waals surface area contributed by atoms with Crippen LogP contribution in [0.5, 0.6) is 0 Å². The van der Waals surface area contributed by atoms with Crippen LogP contribution >= 0.6 is 0 Å². The molecule has 0 aromatic heterocycles. The topological polar surface area (TPSA) is 66.6 Å². The molecule has 2 atom stereocenters. The molecule has 2 rings (SSSR count). The van der Waals surface area contributed by atoms with Gasteiger partial charge in [-0.25, -0.2) is 0 Å². The van der Waals surface area contributed by atoms with Gasteiger partial charge >= 0.3 is 0 Å². The number of piperidine rings is 1. The van der Waals surface area contributed by atoms with E-state index in [1.807, 2.05) is 11.8 Å². The van der Waals surface area contributed by atoms with Crippen molar-refractivity contribution < 1.29 is 9.59 Å². The molecule has 1 fully saturated rings. The van der Waals surface area contributed by atoms with Crippen LogP contribution in [0.4, 0.5) is 0 Å². The smallest absolute Gasteiger partial charge is 0.254 e. The highest BCUT2D eigenvalue weighted by molar-refractivity contribution is 5.99. The predicted octanol–water partition coefficient (Wildman–Crippen LogP) is 1.98. The zero-order chi connectivity index (χ0) is 17.0. The molecule has 2 N–H and O–H groups in total. The van der Waals surface area contributed by atoms with E-state index in [1.165, 1.54) is 0 Å². The molecule has 1 aliphatic rings. The molecule has 1 aliphatic heterocycles. The van der Waals surface area contributed by atoms with Crippen molar-refractivity contribution in [2.45, 2.75) is 32.7 Å². The summed E-state index contributed by atoms with van der Waals surface area (Å²) in [6, 6.07) is 7.08. The van der Waals surface area contributed by atoms with Crippen LogP contribution in [-0.2, 0) is 0 Å². The fourth-order valence-corrected chi connectivity index (χ4v) is 3.06. The van der Waals surface area contributed by atoms with E-state index >= 15 is 0 Å². The first-order valence-corrected chi connectivity index (χ1v) is 8.34. The second-order valence-electron chi connectivity index (χ2n) is 6.42. The highest BCUT2D eigenvalue weighted by Crippen LogP contribution is 2.24. The number of amides is 2. The van der Waals surface area contributed by atoms with Gasteiger partial charge in [0.15, 0.2) is 0 Å². The lowest BCUT2D eigenvalue weighted by molar-refractivity contribution is 0.0573. The minimum atomic E-state index is -0.0650. The van der Waals surface area contributed by atoms with E-state index in [0.29, 0.717) is 30.1 Å². The summed E-state index contributed by atoms with van der Waals surface area (Å²) in [5.74, 6) is 0.504. The standard InChI is InChI=1S/C18H27N3O2/c1-4-20(3)17(22)14-6-5-7-15(11-14)18(23)21-9-8-13(2)10-16(21)12-19/h5-7,11,13,16H,4,8-10,12,19H2,1-3H3. The Hall–Kier alpha value is -1.88. The zero-order valence-electron chi connectivity index (χ0n) is 14.3. The van der Waals surface area contributed by atoms with Gasteiger partial charge in [-0.15, -0.1) is 0 Å². The van der Waals surface area contributed by atoms with Crippen LogP contribution in [0.25, 0.3) is 0 Å². The lowest BCUT2D eigenvalue weighted by atomic mass is 9.91. The van der Waals surface area contributed by atoms with Gasteiger partial charge in [0.25, 0.3) is 11.8 Å². The Bertz CT molecular complexity index is 573. The molecule has 1 aromatic rings. The van der Waals surface area contributed by atoms with Crippen molar-refractivity contribution in [2.24, 2.45) is 11.7 Å². The van der Waals surface area contributed by atoms with Crippen molar-refractivity contribution in [3.05, 3.63) is 35.4 Å². The largest absolute Gasteiger partial charge is 0.342 e. The van der Waals surface area contributed by atoms with Crippen molar-refractivity contribution in [3.63, 3.8) is 0 Å². The number of hydrogen-bond donors (Lipinski definition) is 1. The molecule has 2 amide bonds. The number of benzene rings is 1. The highest BCUT2D eigenvalue weighted by atomic mass is 16.2. The van der Waals surface area contributed by atoms with E-state index < -0.39 is 0 Å². The Morgan fingerprint density at radius 1 is 1.35 bits per heavy atom. The monoisotopic (exact) mass is 317 g/mol. The van der Waals surface area contributed by atoms with Gasteiger partial charge in [0, 0.05) is 43.9 Å². The normalized spacial score (nSPS) is 21.1. The van der Waals surface area contributed by atoms with Crippen LogP contribution in [0.2, 0.25) is 0 Å². The summed E-state index contributed by atoms with van der Waals surface area (Å²) in [6.07, 6.45) is 1.94. The molecule has 0 radical (unpaired) electrons. The van der Waals surface area contributed by atoms with Gasteiger partial charge in [-0.3, -0.25) is 9.59 Å². The number of carbonyl (C=O) groups is 2. The molecule has 0 saturated carbocycles. The lowest BCUT2D eigenvalue weighted by Crippen LogP contribution is -2.49. The maximum absolute atomic E-state index is 12.8. The van der Waals surface area contributed by atoms with E-state index in [9.17, 15) is 9.59 Å². The van der Waals surface area contributed by atoms with Crippen molar-refractivity contribution in [1.82, 2.24) is 9.80 Å². The minimum Gasteiger partial charge on any atom is -0.342 e. The summed E-state index contributed by atoms with van der Waals surface area (Å²) in [5.41, 5.74) is 6.97. The third kappa shape index (κ3) is 3.91. The van der Waals surface area contributed by atoms with Crippen LogP contribution in [-0.4, -0.2) is 54.3 Å². The van der Waals surface area contributed by atoms with Crippen molar-refractivity contribution in [2.75, 3.05) is 26.7 Å². The molecule has 0 aliphatic carbocycles. The van der Waals surface area contributed by atoms with Gasteiger partial charge in [-0.05, 0) is 43.9 Å². The number of nitrogens with zero attached hydrogens (tertiary/aromatic N) is 2. The molecular formula is C18H27N3O2. The molecule has 1 aromatic carbocycles. The number of hydrogen-bond acceptors (Lipinski definition) is 3. The molecule has 2 unspecified atom stereocenters. The van der Waals surface area contributed by atoms with Gasteiger partial charge in [0.1, 0.15) is 0 Å². The number of likely N-dealkylation sites (tertiary alicyclic amines) is 1. The fourth-order valence-electron chi connectivity index (χ4n) is 3.06. The second kappa shape index (κ2) is 7.59. The third-order valence-electron chi connectivity index (χ3n) is 4.69. The molecule has 1 heterocycles. The van der Waals surface area contributed by atoms with Gasteiger partial charge in [0.05, 0.1) is 0 Å². The van der Waals surface area contributed by atoms with Gasteiger partial charge in [0.2, 0.25) is 0 Å². The summed E-state index contributed by atoms with van der Waals surface area (Å²) in [7, 11) is 1.76. The molecule has 5 heteroatoms. The number of carbonyl (C=O) groups excluding carboxylic acids is 2. The summed E-state index contributed by atoms with van der Waals surface area (Å²) < 4.78 is 0. The Kier molecular flexibility index (Phi) is 5.77. The Balaban J connectivity index is 2.21. The summed E-state index contributed by atoms with van der Waals surface area (Å²) >= 11 is 0. The average molecular weight is 317 g/mol. The highest BCUT2D eigenvalue weighted by Gasteiger charge is 2.29. The van der Waals surface area contributed by atoms with Crippen LogP contribution < -0.4 is 5.73 Å². The van der Waals surface area contributed by atoms with Crippen molar-refractivity contribution in [1.29, 1.82) is 0 Å². The molecular weight excluding hydrogens is 290 g/mol. The average Bonchev–Trinajstić information content (AvgIpc) is 2.59. The molecule has 23 heavy (non-hydrogen) atoms. The minimum absolute atomic E-state index is 0.0267. The van der Waals surface area contributed by atoms with Crippen LogP contribution in [0.3, 0.4) is 0 Å². The quantitative estimate of drug-likeness (QED) is 0.923. The van der Waals surface area contributed by atoms with E-state index in [1.54, 1.807) is 36.2 Å². The van der Waals surface area contributed by atoms with Gasteiger partial charge < -0.3 is 15.5 Å². The number of rotatable bonds is 4. The fraction of sp³-hybridized carbons (Fsp3) is 0.556. The van der Waals surface area contributed by atoms with Crippen molar-refractivity contribution in [3.8, 4) is 0 Å². The van der Waals surface area contributed by atoms with E-state index in [4.69, 9.17) is 5.73 Å². The molecule has 126 valence electrons. The molecule has 0 spiro atoms. The Morgan fingerprint density at radius 3 is 2.70 bits per heavy atom. The third-order valence-corrected chi connectivity index (χ3v) is 4.69. The summed E-state index contributed by atoms with van der Waals surface area (Å²) in [4.78, 5) is 28.6. The van der Waals surface area contributed by atoms with Crippen LogP contribution in [0, 0.1) is 5.92 Å². The maximum atomic E-state index is 12.8. The van der Waals surface area contributed by atoms with Crippen molar-refractivity contribution >= 4 is 11.8 Å². The first-order chi connectivity index (χ1) is 11.0. The Morgan fingerprint density at radius 2 is 2.04 bits per heavy atom. The Labute approximate surface area is 138 Å². The first-order valence-electron chi connectivity index (χ1n) is 8.34. The molecule has 1 saturated heterocycles. The van der Waals surface area contributed by atoms with Gasteiger partial charge in [-0.1, -0.05) is 13.0 Å². The molecule has 0 bridgehead atoms. The maximum Gasteiger partial charge on any atom is 0.254 e. The lowest BCUT2D eigenvalue weighted by Gasteiger charge is -2.38. The summed E-state index contributed by atoms with van der Waals surface area (Å²) in [5, 5.41) is 0. The second-order valence-corrected chi connectivity index (χ2v) is 6.42. The van der Waals surface area contributed by atoms with Crippen LogP contribution in [0.1, 0.15) is 47.4 Å². The predicted molar refractivity (Wildman–Crippen MR) is 91.4 cm³/mol. The number of nitrogens with two attached hydrogens (primary N) is 1. The van der Waals surface area contributed by atoms with E-state index in [2.05, 4.69) is 6.92 Å². The molecule has 5 nitrogen and oxygen atoms in total. The van der Waals surface area contributed by atoms with Crippen LogP contribution in [0.15, 0.2) is 24.3 Å². The SMILES string of the molecule is CCN(C)C(=O)c1cccc(C(=O)N2CCC(C)CC2CN)c1. The zero-order valence-corrected chi connectivity index (χ0v) is 14.3.